The fourth-order valence-corrected chi connectivity index (χ4v) is 3.73. The molecular weight excluding hydrogens is 450 g/mol. The summed E-state index contributed by atoms with van der Waals surface area (Å²) in [5.74, 6) is -1.77. The number of aliphatic hydroxyl groups is 1. The van der Waals surface area contributed by atoms with Crippen LogP contribution in [0.15, 0.2) is 58.6 Å². The maximum absolute atomic E-state index is 12.9. The van der Waals surface area contributed by atoms with E-state index in [-0.39, 0.29) is 11.3 Å². The minimum absolute atomic E-state index is 0.0263. The number of Topliss-reactive ketones (excluding diaryl/α,β-unsaturated/α-hetero) is 1. The van der Waals surface area contributed by atoms with Crippen molar-refractivity contribution < 1.29 is 24.2 Å². The first kappa shape index (κ1) is 21.8. The van der Waals surface area contributed by atoms with Gasteiger partial charge in [-0.1, -0.05) is 53.5 Å². The maximum atomic E-state index is 12.9. The second kappa shape index (κ2) is 9.26. The Balaban J connectivity index is 2.15. The summed E-state index contributed by atoms with van der Waals surface area (Å²) in [5, 5.41) is 11.0. The number of hydrogen-bond acceptors (Lipinski definition) is 5. The van der Waals surface area contributed by atoms with Crippen molar-refractivity contribution in [1.82, 2.24) is 4.90 Å². The summed E-state index contributed by atoms with van der Waals surface area (Å²) >= 11 is 3.35. The molecule has 0 bridgehead atoms. The van der Waals surface area contributed by atoms with E-state index in [9.17, 15) is 19.5 Å². The van der Waals surface area contributed by atoms with Gasteiger partial charge in [0.1, 0.15) is 11.5 Å². The summed E-state index contributed by atoms with van der Waals surface area (Å²) in [4.78, 5) is 38.5. The summed E-state index contributed by atoms with van der Waals surface area (Å²) in [5.41, 5.74) is 1.05. The van der Waals surface area contributed by atoms with Crippen molar-refractivity contribution in [2.24, 2.45) is 0 Å². The number of esters is 1. The molecule has 6 nitrogen and oxygen atoms in total. The molecule has 1 unspecified atom stereocenters. The van der Waals surface area contributed by atoms with Crippen LogP contribution in [0.1, 0.15) is 43.9 Å². The number of hydrogen-bond donors (Lipinski definition) is 1. The second-order valence-corrected chi connectivity index (χ2v) is 7.93. The Labute approximate surface area is 183 Å². The Hall–Kier alpha value is -2.93. The summed E-state index contributed by atoms with van der Waals surface area (Å²) in [6.07, 6.45) is 1.56. The standard InChI is InChI=1S/C23H22BrNO5/c1-3-4-12-25-20(16-6-5-7-18(13-16)30-14(2)26)19(22(28)23(25)29)21(27)15-8-10-17(24)11-9-15/h5-11,13,20,27H,3-4,12H2,1-2H3/b21-19-. The molecule has 2 aromatic carbocycles. The van der Waals surface area contributed by atoms with Crippen molar-refractivity contribution in [1.29, 1.82) is 0 Å². The van der Waals surface area contributed by atoms with Crippen LogP contribution in [0.5, 0.6) is 5.75 Å². The van der Waals surface area contributed by atoms with E-state index in [0.29, 0.717) is 29.8 Å². The normalized spacial score (nSPS) is 18.0. The van der Waals surface area contributed by atoms with Crippen molar-refractivity contribution in [3.05, 3.63) is 69.7 Å². The molecule has 1 saturated heterocycles. The van der Waals surface area contributed by atoms with Crippen LogP contribution in [-0.2, 0) is 14.4 Å². The number of ketones is 1. The van der Waals surface area contributed by atoms with Crippen LogP contribution in [0.3, 0.4) is 0 Å². The molecule has 1 atom stereocenters. The number of aliphatic hydroxyl groups excluding tert-OH is 1. The lowest BCUT2D eigenvalue weighted by Crippen LogP contribution is -2.30. The lowest BCUT2D eigenvalue weighted by molar-refractivity contribution is -0.139. The van der Waals surface area contributed by atoms with E-state index in [1.807, 2.05) is 6.92 Å². The van der Waals surface area contributed by atoms with Crippen molar-refractivity contribution >= 4 is 39.3 Å². The van der Waals surface area contributed by atoms with E-state index in [1.165, 1.54) is 11.8 Å². The molecule has 7 heteroatoms. The van der Waals surface area contributed by atoms with E-state index in [2.05, 4.69) is 15.9 Å². The summed E-state index contributed by atoms with van der Waals surface area (Å²) in [7, 11) is 0. The average Bonchev–Trinajstić information content (AvgIpc) is 2.96. The number of unbranched alkanes of at least 4 members (excludes halogenated alkanes) is 1. The molecule has 1 heterocycles. The highest BCUT2D eigenvalue weighted by molar-refractivity contribution is 9.10. The number of likely N-dealkylation sites (tertiary alicyclic amines) is 1. The SMILES string of the molecule is CCCCN1C(=O)C(=O)/C(=C(\O)c2ccc(Br)cc2)C1c1cccc(OC(C)=O)c1. The van der Waals surface area contributed by atoms with Gasteiger partial charge in [0.25, 0.3) is 11.7 Å². The topological polar surface area (TPSA) is 83.9 Å². The Morgan fingerprint density at radius 1 is 1.17 bits per heavy atom. The van der Waals surface area contributed by atoms with Crippen LogP contribution in [0.4, 0.5) is 0 Å². The summed E-state index contributed by atoms with van der Waals surface area (Å²) in [6, 6.07) is 12.7. The first-order valence-corrected chi connectivity index (χ1v) is 10.5. The monoisotopic (exact) mass is 471 g/mol. The maximum Gasteiger partial charge on any atom is 0.308 e. The molecule has 3 rings (SSSR count). The highest BCUT2D eigenvalue weighted by Crippen LogP contribution is 2.40. The van der Waals surface area contributed by atoms with Gasteiger partial charge in [-0.15, -0.1) is 0 Å². The van der Waals surface area contributed by atoms with Gasteiger partial charge in [-0.25, -0.2) is 0 Å². The first-order valence-electron chi connectivity index (χ1n) is 9.66. The lowest BCUT2D eigenvalue weighted by Gasteiger charge is -2.25. The smallest absolute Gasteiger partial charge is 0.308 e. The molecule has 1 aliphatic rings. The number of nitrogens with zero attached hydrogens (tertiary/aromatic N) is 1. The summed E-state index contributed by atoms with van der Waals surface area (Å²) < 4.78 is 5.99. The van der Waals surface area contributed by atoms with Gasteiger partial charge in [0, 0.05) is 23.5 Å². The number of amides is 1. The Kier molecular flexibility index (Phi) is 6.72. The number of carbonyl (C=O) groups is 3. The molecule has 0 aromatic heterocycles. The first-order chi connectivity index (χ1) is 14.3. The Bertz CT molecular complexity index is 1010. The second-order valence-electron chi connectivity index (χ2n) is 7.02. The molecule has 0 radical (unpaired) electrons. The molecule has 0 aliphatic carbocycles. The largest absolute Gasteiger partial charge is 0.507 e. The zero-order valence-corrected chi connectivity index (χ0v) is 18.3. The van der Waals surface area contributed by atoms with Gasteiger partial charge in [0.05, 0.1) is 11.6 Å². The van der Waals surface area contributed by atoms with Crippen LogP contribution < -0.4 is 4.74 Å². The van der Waals surface area contributed by atoms with Gasteiger partial charge in [-0.3, -0.25) is 14.4 Å². The predicted molar refractivity (Wildman–Crippen MR) is 116 cm³/mol. The molecule has 1 amide bonds. The average molecular weight is 472 g/mol. The van der Waals surface area contributed by atoms with Crippen LogP contribution in [-0.4, -0.2) is 34.2 Å². The number of rotatable bonds is 6. The molecule has 1 fully saturated rings. The van der Waals surface area contributed by atoms with E-state index in [4.69, 9.17) is 4.74 Å². The quantitative estimate of drug-likeness (QED) is 0.219. The molecule has 30 heavy (non-hydrogen) atoms. The molecule has 0 saturated carbocycles. The van der Waals surface area contributed by atoms with E-state index >= 15 is 0 Å². The third kappa shape index (κ3) is 4.46. The Morgan fingerprint density at radius 2 is 1.87 bits per heavy atom. The minimum Gasteiger partial charge on any atom is -0.507 e. The van der Waals surface area contributed by atoms with Gasteiger partial charge >= 0.3 is 5.97 Å². The highest BCUT2D eigenvalue weighted by Gasteiger charge is 2.45. The fourth-order valence-electron chi connectivity index (χ4n) is 3.46. The van der Waals surface area contributed by atoms with Crippen molar-refractivity contribution in [3.8, 4) is 5.75 Å². The summed E-state index contributed by atoms with van der Waals surface area (Å²) in [6.45, 7) is 3.67. The third-order valence-corrected chi connectivity index (χ3v) is 5.37. The van der Waals surface area contributed by atoms with Crippen LogP contribution in [0, 0.1) is 0 Å². The molecule has 0 spiro atoms. The van der Waals surface area contributed by atoms with E-state index < -0.39 is 23.7 Å². The van der Waals surface area contributed by atoms with E-state index in [1.54, 1.807) is 48.5 Å². The van der Waals surface area contributed by atoms with Gasteiger partial charge < -0.3 is 14.7 Å². The zero-order valence-electron chi connectivity index (χ0n) is 16.7. The van der Waals surface area contributed by atoms with Gasteiger partial charge in [-0.2, -0.15) is 0 Å². The van der Waals surface area contributed by atoms with Crippen LogP contribution in [0.25, 0.3) is 5.76 Å². The zero-order chi connectivity index (χ0) is 21.8. The fraction of sp³-hybridized carbons (Fsp3) is 0.261. The van der Waals surface area contributed by atoms with Crippen molar-refractivity contribution in [2.75, 3.05) is 6.54 Å². The van der Waals surface area contributed by atoms with Crippen molar-refractivity contribution in [3.63, 3.8) is 0 Å². The van der Waals surface area contributed by atoms with Gasteiger partial charge in [-0.05, 0) is 36.2 Å². The van der Waals surface area contributed by atoms with Crippen LogP contribution >= 0.6 is 15.9 Å². The van der Waals surface area contributed by atoms with E-state index in [0.717, 1.165) is 10.9 Å². The number of carbonyl (C=O) groups excluding carboxylic acids is 3. The number of ether oxygens (including phenoxy) is 1. The molecule has 2 aromatic rings. The predicted octanol–water partition coefficient (Wildman–Crippen LogP) is 4.60. The highest BCUT2D eigenvalue weighted by atomic mass is 79.9. The molecular formula is C23H22BrNO5. The van der Waals surface area contributed by atoms with Gasteiger partial charge in [0.15, 0.2) is 0 Å². The van der Waals surface area contributed by atoms with Crippen molar-refractivity contribution in [2.45, 2.75) is 32.7 Å². The number of benzene rings is 2. The molecule has 1 N–H and O–H groups in total. The third-order valence-electron chi connectivity index (χ3n) is 4.85. The Morgan fingerprint density at radius 3 is 2.50 bits per heavy atom. The number of halogens is 1. The van der Waals surface area contributed by atoms with Crippen LogP contribution in [0.2, 0.25) is 0 Å². The van der Waals surface area contributed by atoms with Gasteiger partial charge in [0.2, 0.25) is 0 Å². The molecule has 1 aliphatic heterocycles. The molecule has 156 valence electrons. The lowest BCUT2D eigenvalue weighted by atomic mass is 9.95. The minimum atomic E-state index is -0.768.